The maximum atomic E-state index is 12.7. The Morgan fingerprint density at radius 3 is 2.25 bits per heavy atom. The van der Waals surface area contributed by atoms with E-state index in [1.807, 2.05) is 30.3 Å². The zero-order valence-corrected chi connectivity index (χ0v) is 18.8. The summed E-state index contributed by atoms with van der Waals surface area (Å²) in [5.74, 6) is 0.461. The summed E-state index contributed by atoms with van der Waals surface area (Å²) in [5.41, 5.74) is 0.970. The average Bonchev–Trinajstić information content (AvgIpc) is 3.15. The van der Waals surface area contributed by atoms with Gasteiger partial charge >= 0.3 is 0 Å². The van der Waals surface area contributed by atoms with E-state index < -0.39 is 20.0 Å². The number of nitrogens with one attached hydrogen (secondary N) is 2. The molecule has 2 aromatic carbocycles. The molecule has 1 aliphatic rings. The molecule has 0 fully saturated rings. The Bertz CT molecular complexity index is 1320. The molecule has 3 aromatic rings. The lowest BCUT2D eigenvalue weighted by Crippen LogP contribution is -2.30. The second-order valence-electron chi connectivity index (χ2n) is 7.33. The Hall–Kier alpha value is -3.18. The van der Waals surface area contributed by atoms with E-state index in [1.54, 1.807) is 0 Å². The minimum atomic E-state index is -3.89. The molecule has 4 rings (SSSR count). The molecule has 0 saturated heterocycles. The van der Waals surface area contributed by atoms with E-state index in [0.29, 0.717) is 18.8 Å². The molecule has 168 valence electrons. The lowest BCUT2D eigenvalue weighted by Gasteiger charge is -2.11. The predicted octanol–water partition coefficient (Wildman–Crippen LogP) is 2.92. The normalized spacial score (nSPS) is 14.9. The molecule has 0 amide bonds. The van der Waals surface area contributed by atoms with Crippen molar-refractivity contribution in [3.63, 3.8) is 0 Å². The fourth-order valence-corrected chi connectivity index (χ4v) is 5.33. The summed E-state index contributed by atoms with van der Waals surface area (Å²) in [4.78, 5) is 4.31. The van der Waals surface area contributed by atoms with Gasteiger partial charge in [-0.05, 0) is 49.2 Å². The molecule has 2 N–H and O–H groups in total. The van der Waals surface area contributed by atoms with Crippen LogP contribution in [0.15, 0.2) is 81.8 Å². The van der Waals surface area contributed by atoms with E-state index in [9.17, 15) is 16.8 Å². The molecule has 32 heavy (non-hydrogen) atoms. The Morgan fingerprint density at radius 2 is 1.50 bits per heavy atom. The maximum Gasteiger partial charge on any atom is 0.265 e. The van der Waals surface area contributed by atoms with Crippen molar-refractivity contribution in [3.8, 4) is 5.69 Å². The molecule has 0 aliphatic carbocycles. The van der Waals surface area contributed by atoms with Crippen molar-refractivity contribution in [1.82, 2.24) is 14.5 Å². The summed E-state index contributed by atoms with van der Waals surface area (Å²) in [6.07, 6.45) is 6.12. The number of benzene rings is 2. The number of para-hydroxylation sites is 1. The predicted molar refractivity (Wildman–Crippen MR) is 122 cm³/mol. The van der Waals surface area contributed by atoms with Crippen LogP contribution >= 0.6 is 0 Å². The van der Waals surface area contributed by atoms with Crippen LogP contribution in [0, 0.1) is 0 Å². The molecular formula is C21H23N5O4S2. The molecule has 0 unspecified atom stereocenters. The number of rotatable bonds is 6. The van der Waals surface area contributed by atoms with Gasteiger partial charge in [-0.2, -0.15) is 5.10 Å². The van der Waals surface area contributed by atoms with Gasteiger partial charge < -0.3 is 0 Å². The summed E-state index contributed by atoms with van der Waals surface area (Å²) in [6.45, 7) is 0.611. The zero-order valence-electron chi connectivity index (χ0n) is 17.2. The van der Waals surface area contributed by atoms with Crippen molar-refractivity contribution in [2.24, 2.45) is 4.99 Å². The standard InChI is InChI=1S/C21H23N5O4S2/c27-31(28,25-21-9-5-2-6-14-22-21)19-12-10-17(11-13-19)24-32(29,30)20-15-23-26(16-20)18-7-3-1-4-8-18/h1,3-4,7-8,10-13,15-16,24H,2,5-6,9,14H2,(H,22,25). The lowest BCUT2D eigenvalue weighted by atomic mass is 10.2. The summed E-state index contributed by atoms with van der Waals surface area (Å²) in [6, 6.07) is 14.7. The molecule has 0 spiro atoms. The fourth-order valence-electron chi connectivity index (χ4n) is 3.25. The van der Waals surface area contributed by atoms with Gasteiger partial charge in [0.15, 0.2) is 0 Å². The van der Waals surface area contributed by atoms with Crippen LogP contribution in [0.4, 0.5) is 5.69 Å². The second-order valence-corrected chi connectivity index (χ2v) is 10.7. The van der Waals surface area contributed by atoms with Crippen LogP contribution in [0.2, 0.25) is 0 Å². The minimum Gasteiger partial charge on any atom is -0.280 e. The molecule has 2 heterocycles. The first-order valence-corrected chi connectivity index (χ1v) is 13.1. The highest BCUT2D eigenvalue weighted by atomic mass is 32.2. The Labute approximate surface area is 187 Å². The maximum absolute atomic E-state index is 12.7. The first kappa shape index (κ1) is 22.0. The summed E-state index contributed by atoms with van der Waals surface area (Å²) in [5, 5.41) is 4.10. The van der Waals surface area contributed by atoms with Crippen molar-refractivity contribution in [2.45, 2.75) is 35.5 Å². The van der Waals surface area contributed by atoms with E-state index in [0.717, 1.165) is 24.9 Å². The summed E-state index contributed by atoms with van der Waals surface area (Å²) < 4.78 is 57.1. The third-order valence-electron chi connectivity index (χ3n) is 4.93. The number of aliphatic imine (C=N–C) groups is 1. The van der Waals surface area contributed by atoms with Crippen LogP contribution in [-0.4, -0.2) is 39.0 Å². The van der Waals surface area contributed by atoms with Crippen LogP contribution in [-0.2, 0) is 20.0 Å². The first-order chi connectivity index (χ1) is 15.3. The Kier molecular flexibility index (Phi) is 6.28. The van der Waals surface area contributed by atoms with Gasteiger partial charge in [0, 0.05) is 18.7 Å². The van der Waals surface area contributed by atoms with Gasteiger partial charge in [0.2, 0.25) is 0 Å². The van der Waals surface area contributed by atoms with Crippen molar-refractivity contribution in [3.05, 3.63) is 67.0 Å². The van der Waals surface area contributed by atoms with Crippen LogP contribution in [0.5, 0.6) is 0 Å². The van der Waals surface area contributed by atoms with Crippen molar-refractivity contribution >= 4 is 31.6 Å². The smallest absolute Gasteiger partial charge is 0.265 e. The minimum absolute atomic E-state index is 0.00825. The van der Waals surface area contributed by atoms with Gasteiger partial charge in [-0.25, -0.2) is 21.5 Å². The van der Waals surface area contributed by atoms with Crippen molar-refractivity contribution < 1.29 is 16.8 Å². The lowest BCUT2D eigenvalue weighted by molar-refractivity contribution is 0.591. The number of sulfonamides is 2. The monoisotopic (exact) mass is 473 g/mol. The highest BCUT2D eigenvalue weighted by Crippen LogP contribution is 2.20. The third kappa shape index (κ3) is 5.17. The van der Waals surface area contributed by atoms with Gasteiger partial charge in [-0.3, -0.25) is 14.4 Å². The molecule has 0 saturated carbocycles. The van der Waals surface area contributed by atoms with E-state index in [1.165, 1.54) is 41.3 Å². The average molecular weight is 474 g/mol. The van der Waals surface area contributed by atoms with Gasteiger partial charge in [0.05, 0.1) is 23.0 Å². The van der Waals surface area contributed by atoms with E-state index in [2.05, 4.69) is 19.5 Å². The van der Waals surface area contributed by atoms with Crippen LogP contribution in [0.3, 0.4) is 0 Å². The summed E-state index contributed by atoms with van der Waals surface area (Å²) in [7, 11) is -7.68. The first-order valence-electron chi connectivity index (χ1n) is 10.1. The molecule has 9 nitrogen and oxygen atoms in total. The summed E-state index contributed by atoms with van der Waals surface area (Å²) >= 11 is 0. The van der Waals surface area contributed by atoms with E-state index in [4.69, 9.17) is 0 Å². The van der Waals surface area contributed by atoms with Crippen LogP contribution in [0.25, 0.3) is 5.69 Å². The number of nitrogens with zero attached hydrogens (tertiary/aromatic N) is 3. The highest BCUT2D eigenvalue weighted by Gasteiger charge is 2.20. The topological polar surface area (TPSA) is 123 Å². The molecule has 1 aliphatic heterocycles. The Balaban J connectivity index is 1.47. The van der Waals surface area contributed by atoms with Crippen LogP contribution < -0.4 is 9.44 Å². The quantitative estimate of drug-likeness (QED) is 0.570. The van der Waals surface area contributed by atoms with Crippen LogP contribution in [0.1, 0.15) is 25.7 Å². The molecule has 11 heteroatoms. The molecular weight excluding hydrogens is 450 g/mol. The van der Waals surface area contributed by atoms with Gasteiger partial charge in [-0.15, -0.1) is 0 Å². The zero-order chi connectivity index (χ0) is 22.6. The highest BCUT2D eigenvalue weighted by molar-refractivity contribution is 7.92. The van der Waals surface area contributed by atoms with E-state index in [-0.39, 0.29) is 15.5 Å². The Morgan fingerprint density at radius 1 is 0.781 bits per heavy atom. The van der Waals surface area contributed by atoms with Crippen molar-refractivity contribution in [2.75, 3.05) is 11.3 Å². The fraction of sp³-hybridized carbons (Fsp3) is 0.238. The van der Waals surface area contributed by atoms with E-state index >= 15 is 0 Å². The number of hydrogen-bond acceptors (Lipinski definition) is 6. The number of amidine groups is 1. The van der Waals surface area contributed by atoms with Gasteiger partial charge in [0.1, 0.15) is 10.7 Å². The molecule has 0 bridgehead atoms. The second kappa shape index (κ2) is 9.13. The van der Waals surface area contributed by atoms with Gasteiger partial charge in [-0.1, -0.05) is 24.6 Å². The number of aromatic nitrogens is 2. The molecule has 0 atom stereocenters. The van der Waals surface area contributed by atoms with Gasteiger partial charge in [0.25, 0.3) is 20.0 Å². The SMILES string of the molecule is O=S(=O)(NC1=NCCCCC1)c1ccc(NS(=O)(=O)c2cnn(-c3ccccc3)c2)cc1. The van der Waals surface area contributed by atoms with Crippen molar-refractivity contribution in [1.29, 1.82) is 0 Å². The number of anilines is 1. The molecule has 0 radical (unpaired) electrons. The third-order valence-corrected chi connectivity index (χ3v) is 7.67. The largest absolute Gasteiger partial charge is 0.280 e. The number of hydrogen-bond donors (Lipinski definition) is 2. The molecule has 1 aromatic heterocycles.